The van der Waals surface area contributed by atoms with Crippen molar-refractivity contribution in [2.24, 2.45) is 0 Å². The van der Waals surface area contributed by atoms with Gasteiger partial charge in [0.05, 0.1) is 12.3 Å². The summed E-state index contributed by atoms with van der Waals surface area (Å²) in [5.41, 5.74) is 3.97. The first kappa shape index (κ1) is 18.5. The van der Waals surface area contributed by atoms with E-state index in [0.29, 0.717) is 13.0 Å². The molecule has 1 atom stereocenters. The molecule has 1 aliphatic rings. The molecule has 4 nitrogen and oxygen atoms in total. The summed E-state index contributed by atoms with van der Waals surface area (Å²) in [7, 11) is 0. The van der Waals surface area contributed by atoms with Gasteiger partial charge in [-0.1, -0.05) is 54.6 Å². The average Bonchev–Trinajstić information content (AvgIpc) is 3.27. The predicted octanol–water partition coefficient (Wildman–Crippen LogP) is 4.13. The van der Waals surface area contributed by atoms with Crippen LogP contribution in [0.25, 0.3) is 0 Å². The second-order valence-electron chi connectivity index (χ2n) is 7.31. The third-order valence-corrected chi connectivity index (χ3v) is 5.45. The zero-order valence-corrected chi connectivity index (χ0v) is 16.0. The minimum Gasteiger partial charge on any atom is -0.468 e. The van der Waals surface area contributed by atoms with Crippen LogP contribution in [-0.4, -0.2) is 23.9 Å². The molecule has 0 saturated carbocycles. The smallest absolute Gasteiger partial charge is 0.220 e. The molecule has 0 unspecified atom stereocenters. The highest BCUT2D eigenvalue weighted by atomic mass is 16.3. The van der Waals surface area contributed by atoms with E-state index in [-0.39, 0.29) is 11.9 Å². The lowest BCUT2D eigenvalue weighted by Crippen LogP contribution is -2.40. The number of nitrogens with zero attached hydrogens (tertiary/aromatic N) is 1. The van der Waals surface area contributed by atoms with Gasteiger partial charge < -0.3 is 9.73 Å². The van der Waals surface area contributed by atoms with E-state index in [1.807, 2.05) is 30.3 Å². The Bertz CT molecular complexity index is 890. The van der Waals surface area contributed by atoms with Gasteiger partial charge in [0, 0.05) is 26.1 Å². The maximum Gasteiger partial charge on any atom is 0.220 e. The zero-order valence-electron chi connectivity index (χ0n) is 16.0. The Morgan fingerprint density at radius 1 is 1.00 bits per heavy atom. The molecular formula is C24H26N2O2. The van der Waals surface area contributed by atoms with E-state index < -0.39 is 0 Å². The number of aryl methyl sites for hydroxylation is 1. The number of hydrogen-bond acceptors (Lipinski definition) is 3. The van der Waals surface area contributed by atoms with Crippen molar-refractivity contribution in [3.63, 3.8) is 0 Å². The Morgan fingerprint density at radius 3 is 2.57 bits per heavy atom. The van der Waals surface area contributed by atoms with Crippen molar-refractivity contribution in [1.82, 2.24) is 10.2 Å². The van der Waals surface area contributed by atoms with Crippen LogP contribution < -0.4 is 5.32 Å². The quantitative estimate of drug-likeness (QED) is 0.676. The summed E-state index contributed by atoms with van der Waals surface area (Å²) in [6.07, 6.45) is 3.99. The molecule has 1 aromatic heterocycles. The van der Waals surface area contributed by atoms with Crippen molar-refractivity contribution in [3.05, 3.63) is 95.4 Å². The van der Waals surface area contributed by atoms with E-state index in [2.05, 4.69) is 46.6 Å². The fraction of sp³-hybridized carbons (Fsp3) is 0.292. The first-order valence-electron chi connectivity index (χ1n) is 9.94. The fourth-order valence-electron chi connectivity index (χ4n) is 3.88. The number of carbonyl (C=O) groups excluding carboxylic acids is 1. The maximum absolute atomic E-state index is 12.4. The Balaban J connectivity index is 1.38. The van der Waals surface area contributed by atoms with Crippen LogP contribution in [0.3, 0.4) is 0 Å². The van der Waals surface area contributed by atoms with E-state index in [0.717, 1.165) is 31.7 Å². The molecule has 2 aromatic carbocycles. The first-order chi connectivity index (χ1) is 13.8. The molecule has 0 spiro atoms. The monoisotopic (exact) mass is 374 g/mol. The lowest BCUT2D eigenvalue weighted by molar-refractivity contribution is -0.121. The van der Waals surface area contributed by atoms with Crippen LogP contribution in [0.4, 0.5) is 0 Å². The number of amides is 1. The molecule has 0 fully saturated rings. The number of hydrogen-bond donors (Lipinski definition) is 1. The van der Waals surface area contributed by atoms with Crippen molar-refractivity contribution < 1.29 is 9.21 Å². The van der Waals surface area contributed by atoms with Crippen molar-refractivity contribution in [3.8, 4) is 0 Å². The van der Waals surface area contributed by atoms with Gasteiger partial charge in [0.25, 0.3) is 0 Å². The Morgan fingerprint density at radius 2 is 1.79 bits per heavy atom. The van der Waals surface area contributed by atoms with E-state index >= 15 is 0 Å². The largest absolute Gasteiger partial charge is 0.468 e. The number of nitrogens with one attached hydrogen (secondary N) is 1. The predicted molar refractivity (Wildman–Crippen MR) is 110 cm³/mol. The molecule has 28 heavy (non-hydrogen) atoms. The summed E-state index contributed by atoms with van der Waals surface area (Å²) in [5, 5.41) is 3.12. The minimum atomic E-state index is 0.0454. The lowest BCUT2D eigenvalue weighted by Gasteiger charge is -2.34. The topological polar surface area (TPSA) is 45.5 Å². The molecule has 2 heterocycles. The highest BCUT2D eigenvalue weighted by Crippen LogP contribution is 2.27. The van der Waals surface area contributed by atoms with Crippen molar-refractivity contribution in [2.75, 3.05) is 13.1 Å². The number of fused-ring (bicyclic) bond motifs is 1. The number of carbonyl (C=O) groups is 1. The molecule has 144 valence electrons. The molecular weight excluding hydrogens is 348 g/mol. The van der Waals surface area contributed by atoms with Crippen LogP contribution >= 0.6 is 0 Å². The highest BCUT2D eigenvalue weighted by Gasteiger charge is 2.26. The van der Waals surface area contributed by atoms with Crippen LogP contribution in [0, 0.1) is 0 Å². The highest BCUT2D eigenvalue weighted by molar-refractivity contribution is 5.76. The van der Waals surface area contributed by atoms with E-state index in [1.165, 1.54) is 16.7 Å². The minimum absolute atomic E-state index is 0.0454. The molecule has 1 aliphatic heterocycles. The second-order valence-corrected chi connectivity index (χ2v) is 7.31. The van der Waals surface area contributed by atoms with E-state index in [1.54, 1.807) is 6.26 Å². The van der Waals surface area contributed by atoms with Crippen molar-refractivity contribution in [1.29, 1.82) is 0 Å². The van der Waals surface area contributed by atoms with Gasteiger partial charge >= 0.3 is 0 Å². The van der Waals surface area contributed by atoms with Crippen molar-refractivity contribution in [2.45, 2.75) is 31.8 Å². The second kappa shape index (κ2) is 8.89. The van der Waals surface area contributed by atoms with Gasteiger partial charge in [-0.3, -0.25) is 9.69 Å². The van der Waals surface area contributed by atoms with Gasteiger partial charge in [-0.2, -0.15) is 0 Å². The third-order valence-electron chi connectivity index (χ3n) is 5.45. The van der Waals surface area contributed by atoms with Gasteiger partial charge in [-0.15, -0.1) is 0 Å². The summed E-state index contributed by atoms with van der Waals surface area (Å²) in [5.74, 6) is 0.987. The number of rotatable bonds is 7. The van der Waals surface area contributed by atoms with Crippen molar-refractivity contribution >= 4 is 5.91 Å². The van der Waals surface area contributed by atoms with Crippen LogP contribution in [0.15, 0.2) is 77.4 Å². The molecule has 0 saturated heterocycles. The maximum atomic E-state index is 12.4. The first-order valence-corrected chi connectivity index (χ1v) is 9.94. The average molecular weight is 374 g/mol. The lowest BCUT2D eigenvalue weighted by atomic mass is 9.98. The summed E-state index contributed by atoms with van der Waals surface area (Å²) in [6, 6.07) is 22.7. The SMILES string of the molecule is O=C(CCc1ccccc1)NC[C@H](c1ccco1)N1CCc2ccccc2C1. The normalized spacial score (nSPS) is 15.0. The Hall–Kier alpha value is -2.85. The zero-order chi connectivity index (χ0) is 19.2. The van der Waals surface area contributed by atoms with Crippen LogP contribution in [0.5, 0.6) is 0 Å². The Kier molecular flexibility index (Phi) is 5.88. The molecule has 0 radical (unpaired) electrons. The van der Waals surface area contributed by atoms with Gasteiger partial charge in [-0.05, 0) is 41.7 Å². The van der Waals surface area contributed by atoms with Crippen LogP contribution in [0.1, 0.15) is 34.9 Å². The van der Waals surface area contributed by atoms with Gasteiger partial charge in [0.2, 0.25) is 5.91 Å². The number of furan rings is 1. The standard InChI is InChI=1S/C24H26N2O2/c27-24(13-12-19-7-2-1-3-8-19)25-17-22(23-11-6-16-28-23)26-15-14-20-9-4-5-10-21(20)18-26/h1-11,16,22H,12-15,17-18H2,(H,25,27)/t22-/m1/s1. The molecule has 0 bridgehead atoms. The summed E-state index contributed by atoms with van der Waals surface area (Å²) >= 11 is 0. The molecule has 4 rings (SSSR count). The summed E-state index contributed by atoms with van der Waals surface area (Å²) in [4.78, 5) is 14.8. The molecule has 3 aromatic rings. The van der Waals surface area contributed by atoms with Crippen LogP contribution in [-0.2, 0) is 24.2 Å². The van der Waals surface area contributed by atoms with Gasteiger partial charge in [-0.25, -0.2) is 0 Å². The molecule has 4 heteroatoms. The summed E-state index contributed by atoms with van der Waals surface area (Å²) in [6.45, 7) is 2.40. The van der Waals surface area contributed by atoms with Gasteiger partial charge in [0.15, 0.2) is 0 Å². The molecule has 0 aliphatic carbocycles. The molecule has 1 amide bonds. The summed E-state index contributed by atoms with van der Waals surface area (Å²) < 4.78 is 5.71. The van der Waals surface area contributed by atoms with E-state index in [9.17, 15) is 4.79 Å². The number of benzene rings is 2. The molecule has 1 N–H and O–H groups in total. The Labute approximate surface area is 166 Å². The van der Waals surface area contributed by atoms with Crippen LogP contribution in [0.2, 0.25) is 0 Å². The van der Waals surface area contributed by atoms with Gasteiger partial charge in [0.1, 0.15) is 5.76 Å². The third kappa shape index (κ3) is 4.52. The van der Waals surface area contributed by atoms with E-state index in [4.69, 9.17) is 4.42 Å². The fourth-order valence-corrected chi connectivity index (χ4v) is 3.88.